The molecule has 0 atom stereocenters. The summed E-state index contributed by atoms with van der Waals surface area (Å²) in [5.41, 5.74) is 9.83. The van der Waals surface area contributed by atoms with Crippen molar-refractivity contribution >= 4 is 18.2 Å². The molecule has 5 heteroatoms. The quantitative estimate of drug-likeness (QED) is 0.176. The molecule has 0 saturated heterocycles. The summed E-state index contributed by atoms with van der Waals surface area (Å²) in [5.74, 6) is 0. The van der Waals surface area contributed by atoms with E-state index in [2.05, 4.69) is 74.7 Å². The number of nitrogens with two attached hydrogens (primary N) is 1. The van der Waals surface area contributed by atoms with E-state index in [0.29, 0.717) is 0 Å². The van der Waals surface area contributed by atoms with Crippen molar-refractivity contribution in [2.24, 2.45) is 0 Å². The molecule has 0 spiro atoms. The standard InChI is InChI=1S/C8H10N.C7H9N.2C5H6.5C2H6.CHO.2Y/c1-7-3-5-8(9-2)6-4-7;1-6-2-4-7(8)5-3-6;2*1-2-4-5-3-1;6*1-2;;/h3-6,9H,2H2,1H3;2-5H,8H2,1H3;2*1-4H,5H2;5*1-2H3;1H;;/q-1;;;;;;;;;-1;;. The third-order valence-corrected chi connectivity index (χ3v) is 3.64. The molecule has 2 aromatic rings. The Balaban J connectivity index is -0.0000000525. The maximum Gasteiger partial charge on any atom is 0.0314 e. The van der Waals surface area contributed by atoms with Gasteiger partial charge in [0, 0.05) is 76.8 Å². The van der Waals surface area contributed by atoms with Crippen LogP contribution in [0.2, 0.25) is 0 Å². The van der Waals surface area contributed by atoms with Gasteiger partial charge in [0.25, 0.3) is 0 Å². The van der Waals surface area contributed by atoms with Gasteiger partial charge in [0.05, 0.1) is 0 Å². The molecule has 2 aromatic carbocycles. The minimum atomic E-state index is 0. The van der Waals surface area contributed by atoms with Crippen LogP contribution in [0.25, 0.3) is 0 Å². The van der Waals surface area contributed by atoms with Gasteiger partial charge >= 0.3 is 0 Å². The second-order valence-electron chi connectivity index (χ2n) is 6.14. The molecule has 2 aliphatic rings. The maximum absolute atomic E-state index is 7.75. The largest absolute Gasteiger partial charge is 0.545 e. The van der Waals surface area contributed by atoms with E-state index in [1.807, 2.05) is 125 Å². The summed E-state index contributed by atoms with van der Waals surface area (Å²) >= 11 is 0. The Morgan fingerprint density at radius 3 is 0.976 bits per heavy atom. The first-order chi connectivity index (χ1) is 19.1. The van der Waals surface area contributed by atoms with Crippen LogP contribution in [-0.2, 0) is 70.2 Å². The summed E-state index contributed by atoms with van der Waals surface area (Å²) in [6, 6.07) is 15.9. The van der Waals surface area contributed by atoms with Crippen molar-refractivity contribution in [1.29, 1.82) is 0 Å². The monoisotopic (exact) mass is 716 g/mol. The number of carbonyl (C=O) groups excluding carboxylic acids is 1. The van der Waals surface area contributed by atoms with Crippen molar-refractivity contribution in [2.75, 3.05) is 11.1 Å². The van der Waals surface area contributed by atoms with Crippen LogP contribution in [0.3, 0.4) is 0 Å². The van der Waals surface area contributed by atoms with E-state index in [-0.39, 0.29) is 65.4 Å². The zero-order valence-corrected chi connectivity index (χ0v) is 34.3. The van der Waals surface area contributed by atoms with Gasteiger partial charge in [-0.15, -0.1) is 0 Å². The van der Waals surface area contributed by atoms with E-state index in [1.165, 1.54) is 11.1 Å². The second-order valence-corrected chi connectivity index (χ2v) is 6.14. The van der Waals surface area contributed by atoms with Crippen LogP contribution in [0.1, 0.15) is 93.2 Å². The van der Waals surface area contributed by atoms with Crippen LogP contribution in [0.15, 0.2) is 97.1 Å². The fourth-order valence-electron chi connectivity index (χ4n) is 2.02. The zero-order chi connectivity index (χ0) is 31.7. The fourth-order valence-corrected chi connectivity index (χ4v) is 2.02. The van der Waals surface area contributed by atoms with Gasteiger partial charge in [-0.25, -0.2) is 0 Å². The van der Waals surface area contributed by atoms with Crippen molar-refractivity contribution in [3.8, 4) is 0 Å². The number of nitrogens with one attached hydrogen (secondary N) is 1. The summed E-state index contributed by atoms with van der Waals surface area (Å²) in [6.07, 6.45) is 19.0. The van der Waals surface area contributed by atoms with Crippen LogP contribution >= 0.6 is 0 Å². The number of aryl methyl sites for hydroxylation is 2. The average Bonchev–Trinajstić information content (AvgIpc) is 3.82. The molecule has 0 unspecified atom stereocenters. The van der Waals surface area contributed by atoms with E-state index >= 15 is 0 Å². The summed E-state index contributed by atoms with van der Waals surface area (Å²) in [5, 5.41) is 2.80. The Morgan fingerprint density at radius 2 is 0.805 bits per heavy atom. The van der Waals surface area contributed by atoms with Crippen molar-refractivity contribution < 1.29 is 70.2 Å². The van der Waals surface area contributed by atoms with Gasteiger partial charge < -0.3 is 15.8 Å². The molecule has 0 heterocycles. The van der Waals surface area contributed by atoms with Gasteiger partial charge in [-0.1, -0.05) is 153 Å². The van der Waals surface area contributed by atoms with Crippen LogP contribution in [0.4, 0.5) is 11.4 Å². The molecule has 0 aromatic heterocycles. The number of benzene rings is 2. The summed E-state index contributed by atoms with van der Waals surface area (Å²) in [6.45, 7) is 27.4. The third-order valence-electron chi connectivity index (χ3n) is 3.64. The smallest absolute Gasteiger partial charge is 0.0314 e. The second kappa shape index (κ2) is 62.5. The molecular formula is C36H62N2OY2-2. The molecule has 0 aliphatic heterocycles. The van der Waals surface area contributed by atoms with E-state index in [1.54, 1.807) is 0 Å². The molecule has 41 heavy (non-hydrogen) atoms. The molecule has 3 N–H and O–H groups in total. The van der Waals surface area contributed by atoms with Crippen LogP contribution < -0.4 is 11.1 Å². The Bertz CT molecular complexity index is 704. The molecule has 0 fully saturated rings. The first kappa shape index (κ1) is 59.3. The Hall–Kier alpha value is -1.12. The minimum absolute atomic E-state index is 0. The first-order valence-corrected chi connectivity index (χ1v) is 14.4. The van der Waals surface area contributed by atoms with Crippen LogP contribution in [-0.4, -0.2) is 6.79 Å². The summed E-state index contributed by atoms with van der Waals surface area (Å²) in [7, 11) is 3.54. The fraction of sp³-hybridized carbons (Fsp3) is 0.389. The average molecular weight is 717 g/mol. The number of anilines is 2. The molecule has 0 bridgehead atoms. The van der Waals surface area contributed by atoms with E-state index in [0.717, 1.165) is 24.2 Å². The SMILES string of the molecule is C1=CCC=C1.C1=CCC=C1.CC.CC.CC.CC.CC.Cc1ccc(N)cc1.[CH-]=O.[CH2-]Nc1ccc(C)cc1.[Y].[Y]. The van der Waals surface area contributed by atoms with E-state index in [4.69, 9.17) is 10.5 Å². The van der Waals surface area contributed by atoms with Gasteiger partial charge in [-0.2, -0.15) is 0 Å². The molecular weight excluding hydrogens is 654 g/mol. The number of allylic oxidation sites excluding steroid dienone is 8. The van der Waals surface area contributed by atoms with Gasteiger partial charge in [0.1, 0.15) is 0 Å². The summed E-state index contributed by atoms with van der Waals surface area (Å²) in [4.78, 5) is 7.75. The van der Waals surface area contributed by atoms with Gasteiger partial charge in [0.2, 0.25) is 0 Å². The van der Waals surface area contributed by atoms with Crippen molar-refractivity contribution in [3.63, 3.8) is 0 Å². The number of hydrogen-bond donors (Lipinski definition) is 2. The van der Waals surface area contributed by atoms with Crippen molar-refractivity contribution in [3.05, 3.63) is 115 Å². The number of hydrogen-bond acceptors (Lipinski definition) is 3. The molecule has 4 rings (SSSR count). The Labute approximate surface area is 307 Å². The van der Waals surface area contributed by atoms with Crippen molar-refractivity contribution in [1.82, 2.24) is 0 Å². The molecule has 2 aliphatic carbocycles. The molecule has 3 nitrogen and oxygen atoms in total. The Kier molecular flexibility index (Phi) is 90.4. The predicted molar refractivity (Wildman–Crippen MR) is 185 cm³/mol. The topological polar surface area (TPSA) is 55.1 Å². The van der Waals surface area contributed by atoms with Crippen molar-refractivity contribution in [2.45, 2.75) is 95.9 Å². The summed E-state index contributed by atoms with van der Waals surface area (Å²) < 4.78 is 0. The maximum atomic E-state index is 7.75. The molecule has 230 valence electrons. The predicted octanol–water partition coefficient (Wildman–Crippen LogP) is 11.6. The first-order valence-electron chi connectivity index (χ1n) is 14.4. The molecule has 2 radical (unpaired) electrons. The van der Waals surface area contributed by atoms with E-state index < -0.39 is 0 Å². The third kappa shape index (κ3) is 55.5. The van der Waals surface area contributed by atoms with Gasteiger partial charge in [0.15, 0.2) is 0 Å². The minimum Gasteiger partial charge on any atom is -0.545 e. The van der Waals surface area contributed by atoms with Crippen LogP contribution in [0, 0.1) is 20.9 Å². The van der Waals surface area contributed by atoms with Gasteiger partial charge in [-0.3, -0.25) is 13.8 Å². The molecule has 0 amide bonds. The zero-order valence-electron chi connectivity index (χ0n) is 28.6. The number of rotatable bonds is 1. The van der Waals surface area contributed by atoms with Gasteiger partial charge in [-0.05, 0) is 51.0 Å². The number of nitrogen functional groups attached to an aromatic ring is 1. The normalized spacial score (nSPS) is 8.90. The van der Waals surface area contributed by atoms with Crippen LogP contribution in [0.5, 0.6) is 0 Å². The van der Waals surface area contributed by atoms with E-state index in [9.17, 15) is 0 Å². The molecule has 0 saturated carbocycles. The Morgan fingerprint density at radius 1 is 0.561 bits per heavy atom.